The number of benzene rings is 1. The van der Waals surface area contributed by atoms with Gasteiger partial charge in [0.05, 0.1) is 5.02 Å². The van der Waals surface area contributed by atoms with E-state index >= 15 is 0 Å². The maximum atomic E-state index is 13.5. The predicted octanol–water partition coefficient (Wildman–Crippen LogP) is 3.46. The highest BCUT2D eigenvalue weighted by atomic mass is 35.5. The molecule has 2 N–H and O–H groups in total. The molecule has 0 aromatic heterocycles. The summed E-state index contributed by atoms with van der Waals surface area (Å²) in [6.07, 6.45) is 1.10. The highest BCUT2D eigenvalue weighted by Crippen LogP contribution is 2.23. The number of likely N-dealkylation sites (N-methyl/N-ethyl adjacent to an activating group) is 1. The monoisotopic (exact) mass is 272 g/mol. The first-order valence-corrected chi connectivity index (χ1v) is 6.68. The number of halogens is 2. The lowest BCUT2D eigenvalue weighted by Gasteiger charge is -2.28. The Bertz CT molecular complexity index is 382. The van der Waals surface area contributed by atoms with Crippen LogP contribution >= 0.6 is 11.6 Å². The largest absolute Gasteiger partial charge is 0.329 e. The van der Waals surface area contributed by atoms with Crippen molar-refractivity contribution in [3.63, 3.8) is 0 Å². The van der Waals surface area contributed by atoms with Gasteiger partial charge in [0, 0.05) is 12.6 Å². The summed E-state index contributed by atoms with van der Waals surface area (Å²) in [6.45, 7) is 5.79. The zero-order valence-electron chi connectivity index (χ0n) is 11.3. The molecule has 0 fully saturated rings. The lowest BCUT2D eigenvalue weighted by molar-refractivity contribution is 0.236. The molecule has 102 valence electrons. The normalized spacial score (nSPS) is 13.3. The molecule has 1 aromatic carbocycles. The average molecular weight is 273 g/mol. The van der Waals surface area contributed by atoms with Gasteiger partial charge in [-0.1, -0.05) is 31.5 Å². The van der Waals surface area contributed by atoms with Gasteiger partial charge in [0.25, 0.3) is 0 Å². The van der Waals surface area contributed by atoms with E-state index in [-0.39, 0.29) is 16.9 Å². The van der Waals surface area contributed by atoms with Crippen LogP contribution in [0.1, 0.15) is 31.9 Å². The molecule has 0 heterocycles. The molecule has 1 atom stereocenters. The maximum Gasteiger partial charge on any atom is 0.142 e. The molecule has 18 heavy (non-hydrogen) atoms. The summed E-state index contributed by atoms with van der Waals surface area (Å²) >= 11 is 5.69. The lowest BCUT2D eigenvalue weighted by Crippen LogP contribution is -2.31. The quantitative estimate of drug-likeness (QED) is 0.859. The third-order valence-electron chi connectivity index (χ3n) is 3.14. The molecule has 0 aliphatic rings. The molecule has 0 aliphatic carbocycles. The molecular weight excluding hydrogens is 251 g/mol. The van der Waals surface area contributed by atoms with Gasteiger partial charge in [-0.15, -0.1) is 0 Å². The van der Waals surface area contributed by atoms with E-state index in [0.29, 0.717) is 12.5 Å². The van der Waals surface area contributed by atoms with E-state index in [4.69, 9.17) is 17.3 Å². The van der Waals surface area contributed by atoms with Crippen LogP contribution in [0.25, 0.3) is 0 Å². The molecule has 0 spiro atoms. The Labute approximate surface area is 114 Å². The Kier molecular flexibility index (Phi) is 6.06. The van der Waals surface area contributed by atoms with Crippen LogP contribution in [0.5, 0.6) is 0 Å². The third kappa shape index (κ3) is 4.23. The van der Waals surface area contributed by atoms with Crippen molar-refractivity contribution in [3.05, 3.63) is 34.6 Å². The first-order valence-electron chi connectivity index (χ1n) is 6.31. The van der Waals surface area contributed by atoms with Crippen LogP contribution < -0.4 is 5.73 Å². The van der Waals surface area contributed by atoms with E-state index in [1.807, 2.05) is 13.1 Å². The highest BCUT2D eigenvalue weighted by molar-refractivity contribution is 6.30. The van der Waals surface area contributed by atoms with Gasteiger partial charge in [-0.3, -0.25) is 4.90 Å². The molecular formula is C14H22ClFN2. The van der Waals surface area contributed by atoms with Crippen LogP contribution in [0.3, 0.4) is 0 Å². The number of nitrogens with two attached hydrogens (primary N) is 1. The van der Waals surface area contributed by atoms with Gasteiger partial charge < -0.3 is 5.73 Å². The van der Waals surface area contributed by atoms with Crippen molar-refractivity contribution in [2.75, 3.05) is 20.1 Å². The molecule has 1 rings (SSSR count). The van der Waals surface area contributed by atoms with Crippen molar-refractivity contribution in [1.82, 2.24) is 4.90 Å². The van der Waals surface area contributed by atoms with Gasteiger partial charge in [0.15, 0.2) is 0 Å². The van der Waals surface area contributed by atoms with E-state index < -0.39 is 0 Å². The van der Waals surface area contributed by atoms with Crippen molar-refractivity contribution in [2.24, 2.45) is 11.7 Å². The molecule has 1 unspecified atom stereocenters. The van der Waals surface area contributed by atoms with E-state index in [0.717, 1.165) is 18.5 Å². The topological polar surface area (TPSA) is 29.3 Å². The Balaban J connectivity index is 2.78. The Morgan fingerprint density at radius 3 is 2.56 bits per heavy atom. The third-order valence-corrected chi connectivity index (χ3v) is 3.45. The maximum absolute atomic E-state index is 13.5. The summed E-state index contributed by atoms with van der Waals surface area (Å²) in [6, 6.07) is 4.95. The first-order chi connectivity index (χ1) is 8.45. The number of rotatable bonds is 6. The van der Waals surface area contributed by atoms with Crippen LogP contribution in [0.4, 0.5) is 4.39 Å². The number of hydrogen-bond acceptors (Lipinski definition) is 2. The average Bonchev–Trinajstić information content (AvgIpc) is 2.32. The van der Waals surface area contributed by atoms with Crippen LogP contribution in [0.2, 0.25) is 5.02 Å². The molecule has 1 aromatic rings. The fourth-order valence-corrected chi connectivity index (χ4v) is 2.03. The molecule has 0 radical (unpaired) electrons. The zero-order valence-corrected chi connectivity index (χ0v) is 12.0. The van der Waals surface area contributed by atoms with Crippen molar-refractivity contribution in [3.8, 4) is 0 Å². The van der Waals surface area contributed by atoms with Crippen molar-refractivity contribution >= 4 is 11.6 Å². The smallest absolute Gasteiger partial charge is 0.142 e. The molecule has 0 amide bonds. The predicted molar refractivity (Wildman–Crippen MR) is 75.3 cm³/mol. The summed E-state index contributed by atoms with van der Waals surface area (Å²) < 4.78 is 13.5. The Morgan fingerprint density at radius 1 is 1.39 bits per heavy atom. The van der Waals surface area contributed by atoms with Crippen LogP contribution in [-0.2, 0) is 0 Å². The fourth-order valence-electron chi connectivity index (χ4n) is 1.91. The minimum atomic E-state index is -0.384. The van der Waals surface area contributed by atoms with Gasteiger partial charge >= 0.3 is 0 Å². The van der Waals surface area contributed by atoms with Gasteiger partial charge in [-0.2, -0.15) is 0 Å². The minimum absolute atomic E-state index is 0.0375. The molecule has 4 heteroatoms. The van der Waals surface area contributed by atoms with Crippen molar-refractivity contribution < 1.29 is 4.39 Å². The summed E-state index contributed by atoms with van der Waals surface area (Å²) in [5, 5.41) is 0.152. The van der Waals surface area contributed by atoms with E-state index in [2.05, 4.69) is 18.7 Å². The minimum Gasteiger partial charge on any atom is -0.329 e. The van der Waals surface area contributed by atoms with E-state index in [1.54, 1.807) is 6.07 Å². The molecule has 0 saturated heterocycles. The van der Waals surface area contributed by atoms with Crippen LogP contribution in [0, 0.1) is 11.7 Å². The van der Waals surface area contributed by atoms with Crippen molar-refractivity contribution in [1.29, 1.82) is 0 Å². The lowest BCUT2D eigenvalue weighted by atomic mass is 10.0. The SMILES string of the molecule is CC(C)CCN(C)C(CN)c1ccc(Cl)c(F)c1. The second-order valence-corrected chi connectivity index (χ2v) is 5.50. The Hall–Kier alpha value is -0.640. The molecule has 0 bridgehead atoms. The van der Waals surface area contributed by atoms with E-state index in [1.165, 1.54) is 6.07 Å². The first kappa shape index (κ1) is 15.4. The van der Waals surface area contributed by atoms with Crippen LogP contribution in [-0.4, -0.2) is 25.0 Å². The van der Waals surface area contributed by atoms with Gasteiger partial charge in [0.2, 0.25) is 0 Å². The summed E-state index contributed by atoms with van der Waals surface area (Å²) in [5.41, 5.74) is 6.68. The molecule has 2 nitrogen and oxygen atoms in total. The van der Waals surface area contributed by atoms with Gasteiger partial charge in [0.1, 0.15) is 5.82 Å². The fraction of sp³-hybridized carbons (Fsp3) is 0.571. The molecule has 0 saturated carbocycles. The second-order valence-electron chi connectivity index (χ2n) is 5.09. The van der Waals surface area contributed by atoms with Gasteiger partial charge in [-0.25, -0.2) is 4.39 Å². The highest BCUT2D eigenvalue weighted by Gasteiger charge is 2.16. The number of nitrogens with zero attached hydrogens (tertiary/aromatic N) is 1. The standard InChI is InChI=1S/C14H22ClFN2/c1-10(2)6-7-18(3)14(9-17)11-4-5-12(15)13(16)8-11/h4-5,8,10,14H,6-7,9,17H2,1-3H3. The zero-order chi connectivity index (χ0) is 13.7. The van der Waals surface area contributed by atoms with Gasteiger partial charge in [-0.05, 0) is 43.6 Å². The molecule has 0 aliphatic heterocycles. The Morgan fingerprint density at radius 2 is 2.06 bits per heavy atom. The van der Waals surface area contributed by atoms with Crippen molar-refractivity contribution in [2.45, 2.75) is 26.3 Å². The second kappa shape index (κ2) is 7.07. The van der Waals surface area contributed by atoms with Crippen LogP contribution in [0.15, 0.2) is 18.2 Å². The summed E-state index contributed by atoms with van der Waals surface area (Å²) in [4.78, 5) is 2.17. The van der Waals surface area contributed by atoms with E-state index in [9.17, 15) is 4.39 Å². The summed E-state index contributed by atoms with van der Waals surface area (Å²) in [5.74, 6) is 0.262. The summed E-state index contributed by atoms with van der Waals surface area (Å²) in [7, 11) is 2.02. The number of hydrogen-bond donors (Lipinski definition) is 1.